The van der Waals surface area contributed by atoms with Crippen molar-refractivity contribution in [2.75, 3.05) is 31.2 Å². The van der Waals surface area contributed by atoms with Crippen molar-refractivity contribution < 1.29 is 18.6 Å². The SMILES string of the molecule is CCCCCCCOP(C)(=O)SCSCC(=O)OC. The van der Waals surface area contributed by atoms with E-state index in [0.717, 1.165) is 12.8 Å². The summed E-state index contributed by atoms with van der Waals surface area (Å²) >= 11 is 2.69. The first kappa shape index (κ1) is 19.4. The van der Waals surface area contributed by atoms with Gasteiger partial charge >= 0.3 is 5.97 Å². The largest absolute Gasteiger partial charge is 0.468 e. The summed E-state index contributed by atoms with van der Waals surface area (Å²) in [7, 11) is 1.36. The zero-order chi connectivity index (χ0) is 14.6. The fraction of sp³-hybridized carbons (Fsp3) is 0.917. The summed E-state index contributed by atoms with van der Waals surface area (Å²) in [6.07, 6.45) is 5.79. The molecular formula is C12H25O4PS2. The summed E-state index contributed by atoms with van der Waals surface area (Å²) < 4.78 is 22.0. The highest BCUT2D eigenvalue weighted by Gasteiger charge is 2.16. The molecule has 0 radical (unpaired) electrons. The van der Waals surface area contributed by atoms with Gasteiger partial charge < -0.3 is 9.26 Å². The summed E-state index contributed by atoms with van der Waals surface area (Å²) in [4.78, 5) is 10.9. The van der Waals surface area contributed by atoms with Crippen molar-refractivity contribution in [1.82, 2.24) is 0 Å². The van der Waals surface area contributed by atoms with Gasteiger partial charge in [-0.1, -0.05) is 44.0 Å². The first-order valence-electron chi connectivity index (χ1n) is 6.53. The number of methoxy groups -OCH3 is 1. The van der Waals surface area contributed by atoms with Crippen molar-refractivity contribution in [1.29, 1.82) is 0 Å². The molecule has 0 aromatic carbocycles. The second-order valence-corrected chi connectivity index (χ2v) is 10.7. The maximum atomic E-state index is 12.0. The minimum absolute atomic E-state index is 0.256. The van der Waals surface area contributed by atoms with Crippen molar-refractivity contribution in [2.24, 2.45) is 0 Å². The number of hydrogen-bond acceptors (Lipinski definition) is 6. The van der Waals surface area contributed by atoms with Crippen LogP contribution < -0.4 is 0 Å². The molecule has 0 saturated heterocycles. The second kappa shape index (κ2) is 12.1. The zero-order valence-electron chi connectivity index (χ0n) is 12.1. The normalized spacial score (nSPS) is 14.1. The third-order valence-electron chi connectivity index (χ3n) is 2.39. The Morgan fingerprint density at radius 1 is 1.21 bits per heavy atom. The molecule has 0 spiro atoms. The molecule has 0 fully saturated rings. The van der Waals surface area contributed by atoms with Gasteiger partial charge in [-0.3, -0.25) is 9.36 Å². The van der Waals surface area contributed by atoms with Gasteiger partial charge in [-0.25, -0.2) is 0 Å². The lowest BCUT2D eigenvalue weighted by Crippen LogP contribution is -2.03. The molecule has 0 bridgehead atoms. The predicted molar refractivity (Wildman–Crippen MR) is 85.2 cm³/mol. The van der Waals surface area contributed by atoms with Gasteiger partial charge in [0.25, 0.3) is 6.57 Å². The van der Waals surface area contributed by atoms with Crippen molar-refractivity contribution in [3.63, 3.8) is 0 Å². The Labute approximate surface area is 125 Å². The molecule has 0 aliphatic rings. The van der Waals surface area contributed by atoms with Crippen LogP contribution in [-0.4, -0.2) is 37.2 Å². The Morgan fingerprint density at radius 2 is 1.89 bits per heavy atom. The van der Waals surface area contributed by atoms with E-state index in [0.29, 0.717) is 17.4 Å². The van der Waals surface area contributed by atoms with Crippen LogP contribution in [0, 0.1) is 0 Å². The van der Waals surface area contributed by atoms with Gasteiger partial charge in [0.2, 0.25) is 0 Å². The van der Waals surface area contributed by atoms with Crippen LogP contribution in [0.2, 0.25) is 0 Å². The van der Waals surface area contributed by atoms with Crippen LogP contribution in [0.25, 0.3) is 0 Å². The minimum atomic E-state index is -2.57. The number of rotatable bonds is 12. The Kier molecular flexibility index (Phi) is 12.4. The van der Waals surface area contributed by atoms with E-state index in [1.165, 1.54) is 49.5 Å². The third-order valence-corrected chi connectivity index (χ3v) is 7.71. The van der Waals surface area contributed by atoms with Crippen LogP contribution >= 0.6 is 29.7 Å². The van der Waals surface area contributed by atoms with Crippen LogP contribution in [0.15, 0.2) is 0 Å². The van der Waals surface area contributed by atoms with Crippen molar-refractivity contribution in [3.8, 4) is 0 Å². The molecule has 0 rings (SSSR count). The molecule has 0 aromatic rings. The van der Waals surface area contributed by atoms with Gasteiger partial charge in [-0.2, -0.15) is 0 Å². The molecular weight excluding hydrogens is 303 g/mol. The van der Waals surface area contributed by atoms with E-state index in [2.05, 4.69) is 11.7 Å². The second-order valence-electron chi connectivity index (χ2n) is 4.19. The molecule has 114 valence electrons. The monoisotopic (exact) mass is 328 g/mol. The predicted octanol–water partition coefficient (Wildman–Crippen LogP) is 4.39. The molecule has 19 heavy (non-hydrogen) atoms. The number of thioether (sulfide) groups is 1. The Morgan fingerprint density at radius 3 is 2.53 bits per heavy atom. The topological polar surface area (TPSA) is 52.6 Å². The van der Waals surface area contributed by atoms with Crippen LogP contribution in [0.5, 0.6) is 0 Å². The maximum Gasteiger partial charge on any atom is 0.315 e. The van der Waals surface area contributed by atoms with Gasteiger partial charge in [0.15, 0.2) is 0 Å². The smallest absolute Gasteiger partial charge is 0.315 e. The van der Waals surface area contributed by atoms with E-state index in [1.54, 1.807) is 6.66 Å². The number of esters is 1. The van der Waals surface area contributed by atoms with E-state index in [4.69, 9.17) is 4.52 Å². The Hall–Kier alpha value is 0.360. The van der Waals surface area contributed by atoms with Crippen LogP contribution in [0.4, 0.5) is 0 Å². The first-order valence-corrected chi connectivity index (χ1v) is 11.3. The van der Waals surface area contributed by atoms with Crippen molar-refractivity contribution >= 4 is 35.7 Å². The average molecular weight is 328 g/mol. The van der Waals surface area contributed by atoms with E-state index in [-0.39, 0.29) is 5.97 Å². The zero-order valence-corrected chi connectivity index (χ0v) is 14.6. The van der Waals surface area contributed by atoms with E-state index >= 15 is 0 Å². The number of hydrogen-bond donors (Lipinski definition) is 0. The van der Waals surface area contributed by atoms with Gasteiger partial charge in [0.05, 0.1) is 19.5 Å². The van der Waals surface area contributed by atoms with Gasteiger partial charge in [0.1, 0.15) is 0 Å². The van der Waals surface area contributed by atoms with Crippen LogP contribution in [0.1, 0.15) is 39.0 Å². The maximum absolute atomic E-state index is 12.0. The number of carbonyl (C=O) groups is 1. The van der Waals surface area contributed by atoms with Crippen LogP contribution in [-0.2, 0) is 18.6 Å². The standard InChI is InChI=1S/C12H25O4PS2/c1-4-5-6-7-8-9-16-17(3,14)19-11-18-10-12(13)15-2/h4-11H2,1-3H3. The highest BCUT2D eigenvalue weighted by atomic mass is 32.7. The third kappa shape index (κ3) is 13.1. The van der Waals surface area contributed by atoms with Crippen molar-refractivity contribution in [2.45, 2.75) is 39.0 Å². The van der Waals surface area contributed by atoms with E-state index < -0.39 is 6.57 Å². The lowest BCUT2D eigenvalue weighted by atomic mass is 10.2. The van der Waals surface area contributed by atoms with Crippen LogP contribution in [0.3, 0.4) is 0 Å². The van der Waals surface area contributed by atoms with E-state index in [9.17, 15) is 9.36 Å². The molecule has 4 nitrogen and oxygen atoms in total. The number of carbonyl (C=O) groups excluding carboxylic acids is 1. The first-order chi connectivity index (χ1) is 9.02. The Bertz CT molecular complexity index is 287. The molecule has 0 amide bonds. The fourth-order valence-electron chi connectivity index (χ4n) is 1.29. The molecule has 0 aliphatic heterocycles. The molecule has 0 aliphatic carbocycles. The van der Waals surface area contributed by atoms with Gasteiger partial charge in [-0.15, -0.1) is 11.8 Å². The molecule has 0 aromatic heterocycles. The van der Waals surface area contributed by atoms with Crippen molar-refractivity contribution in [3.05, 3.63) is 0 Å². The summed E-state index contributed by atoms with van der Waals surface area (Å²) in [6.45, 7) is 1.81. The number of unbranched alkanes of at least 4 members (excludes halogenated alkanes) is 4. The molecule has 1 atom stereocenters. The summed E-state index contributed by atoms with van der Waals surface area (Å²) in [5, 5.41) is 0.582. The lowest BCUT2D eigenvalue weighted by molar-refractivity contribution is -0.137. The summed E-state index contributed by atoms with van der Waals surface area (Å²) in [6, 6.07) is 0. The van der Waals surface area contributed by atoms with Gasteiger partial charge in [0, 0.05) is 11.7 Å². The molecule has 0 saturated carbocycles. The molecule has 7 heteroatoms. The number of ether oxygens (including phenoxy) is 1. The quantitative estimate of drug-likeness (QED) is 0.229. The summed E-state index contributed by atoms with van der Waals surface area (Å²) in [5.74, 6) is 0.0360. The Balaban J connectivity index is 3.52. The molecule has 1 unspecified atom stereocenters. The summed E-state index contributed by atoms with van der Waals surface area (Å²) in [5.41, 5.74) is 0. The minimum Gasteiger partial charge on any atom is -0.468 e. The highest BCUT2D eigenvalue weighted by Crippen LogP contribution is 2.57. The molecule has 0 N–H and O–H groups in total. The highest BCUT2D eigenvalue weighted by molar-refractivity contribution is 8.58. The molecule has 0 heterocycles. The average Bonchev–Trinajstić information content (AvgIpc) is 2.38. The fourth-order valence-corrected chi connectivity index (χ4v) is 6.35. The van der Waals surface area contributed by atoms with E-state index in [1.807, 2.05) is 0 Å². The lowest BCUT2D eigenvalue weighted by Gasteiger charge is -2.12. The van der Waals surface area contributed by atoms with Gasteiger partial charge in [-0.05, 0) is 6.42 Å².